The van der Waals surface area contributed by atoms with Crippen LogP contribution in [0, 0.1) is 0 Å². The van der Waals surface area contributed by atoms with Crippen LogP contribution in [-0.2, 0) is 19.6 Å². The van der Waals surface area contributed by atoms with Crippen LogP contribution >= 0.6 is 11.8 Å². The molecule has 0 spiro atoms. The van der Waals surface area contributed by atoms with Crippen molar-refractivity contribution in [1.82, 2.24) is 4.90 Å². The fraction of sp³-hybridized carbons (Fsp3) is 0.273. The molecule has 2 amide bonds. The van der Waals surface area contributed by atoms with Gasteiger partial charge in [-0.3, -0.25) is 13.9 Å². The smallest absolute Gasteiger partial charge is 0.246 e. The molecular weight excluding hydrogens is 434 g/mol. The van der Waals surface area contributed by atoms with Gasteiger partial charge in [0, 0.05) is 24.6 Å². The third kappa shape index (κ3) is 5.89. The van der Waals surface area contributed by atoms with Gasteiger partial charge >= 0.3 is 0 Å². The highest BCUT2D eigenvalue weighted by molar-refractivity contribution is 7.98. The predicted molar refractivity (Wildman–Crippen MR) is 126 cm³/mol. The zero-order chi connectivity index (χ0) is 22.4. The van der Waals surface area contributed by atoms with Crippen LogP contribution in [0.5, 0.6) is 0 Å². The van der Waals surface area contributed by atoms with Crippen molar-refractivity contribution >= 4 is 51.1 Å². The van der Waals surface area contributed by atoms with Crippen molar-refractivity contribution < 1.29 is 18.0 Å². The molecule has 7 nitrogen and oxygen atoms in total. The number of nitrogens with zero attached hydrogens (tertiary/aromatic N) is 2. The number of amides is 2. The number of rotatable bonds is 7. The van der Waals surface area contributed by atoms with Crippen molar-refractivity contribution in [3.63, 3.8) is 0 Å². The number of nitrogens with one attached hydrogen (secondary N) is 1. The number of likely N-dealkylation sites (N-methyl/N-ethyl adjacent to an activating group) is 1. The van der Waals surface area contributed by atoms with E-state index in [1.165, 1.54) is 27.0 Å². The molecule has 0 unspecified atom stereocenters. The van der Waals surface area contributed by atoms with Crippen molar-refractivity contribution in [3.05, 3.63) is 60.2 Å². The highest BCUT2D eigenvalue weighted by atomic mass is 32.2. The number of para-hydroxylation sites is 1. The van der Waals surface area contributed by atoms with E-state index in [-0.39, 0.29) is 24.1 Å². The third-order valence-corrected chi connectivity index (χ3v) is 7.50. The van der Waals surface area contributed by atoms with Gasteiger partial charge in [0.1, 0.15) is 0 Å². The second-order valence-corrected chi connectivity index (χ2v) is 9.97. The average Bonchev–Trinajstić information content (AvgIpc) is 3.11. The average molecular weight is 460 g/mol. The summed E-state index contributed by atoms with van der Waals surface area (Å²) in [6.45, 7) is 0.419. The summed E-state index contributed by atoms with van der Waals surface area (Å²) in [4.78, 5) is 26.9. The van der Waals surface area contributed by atoms with E-state index in [9.17, 15) is 18.0 Å². The molecule has 0 atom stereocenters. The Bertz CT molecular complexity index is 1080. The number of hydrogen-bond donors (Lipinski definition) is 1. The quantitative estimate of drug-likeness (QED) is 0.508. The van der Waals surface area contributed by atoms with Gasteiger partial charge in [-0.05, 0) is 48.6 Å². The predicted octanol–water partition coefficient (Wildman–Crippen LogP) is 3.06. The van der Waals surface area contributed by atoms with Crippen LogP contribution < -0.4 is 9.62 Å². The lowest BCUT2D eigenvalue weighted by Crippen LogP contribution is -2.33. The lowest BCUT2D eigenvalue weighted by molar-refractivity contribution is -0.129. The van der Waals surface area contributed by atoms with Gasteiger partial charge in [-0.1, -0.05) is 24.3 Å². The van der Waals surface area contributed by atoms with Crippen LogP contribution in [0.15, 0.2) is 59.5 Å². The molecule has 0 radical (unpaired) electrons. The molecule has 2 aromatic carbocycles. The Hall–Kier alpha value is -2.78. The van der Waals surface area contributed by atoms with Crippen LogP contribution in [0.4, 0.5) is 11.4 Å². The van der Waals surface area contributed by atoms with E-state index >= 15 is 0 Å². The SMILES string of the molecule is CSc1ccccc1NC(=O)CN(C)C(=O)/C=C/c1ccc(N2CCCS2(=O)=O)cc1. The lowest BCUT2D eigenvalue weighted by Gasteiger charge is -2.17. The second-order valence-electron chi connectivity index (χ2n) is 7.11. The van der Waals surface area contributed by atoms with Crippen molar-refractivity contribution in [2.75, 3.05) is 41.8 Å². The normalized spacial score (nSPS) is 15.2. The van der Waals surface area contributed by atoms with E-state index < -0.39 is 10.0 Å². The maximum atomic E-state index is 12.4. The van der Waals surface area contributed by atoms with Gasteiger partial charge in [0.25, 0.3) is 0 Å². The summed E-state index contributed by atoms with van der Waals surface area (Å²) in [7, 11) is -1.65. The van der Waals surface area contributed by atoms with Crippen LogP contribution in [-0.4, -0.2) is 57.3 Å². The van der Waals surface area contributed by atoms with Gasteiger partial charge in [0.2, 0.25) is 21.8 Å². The summed E-state index contributed by atoms with van der Waals surface area (Å²) < 4.78 is 25.4. The largest absolute Gasteiger partial charge is 0.333 e. The molecule has 1 saturated heterocycles. The molecule has 1 aliphatic heterocycles. The second kappa shape index (κ2) is 10.0. The zero-order valence-electron chi connectivity index (χ0n) is 17.4. The molecule has 1 heterocycles. The fourth-order valence-corrected chi connectivity index (χ4v) is 5.33. The number of carbonyl (C=O) groups is 2. The summed E-state index contributed by atoms with van der Waals surface area (Å²) in [6, 6.07) is 14.5. The zero-order valence-corrected chi connectivity index (χ0v) is 19.1. The third-order valence-electron chi connectivity index (χ3n) is 4.84. The van der Waals surface area contributed by atoms with Gasteiger partial charge in [-0.15, -0.1) is 11.8 Å². The van der Waals surface area contributed by atoms with E-state index in [1.807, 2.05) is 30.5 Å². The minimum Gasteiger partial charge on any atom is -0.333 e. The van der Waals surface area contributed by atoms with E-state index in [0.717, 1.165) is 16.1 Å². The first kappa shape index (κ1) is 22.9. The number of sulfonamides is 1. The van der Waals surface area contributed by atoms with E-state index in [2.05, 4.69) is 5.32 Å². The highest BCUT2D eigenvalue weighted by Gasteiger charge is 2.28. The molecule has 1 N–H and O–H groups in total. The Morgan fingerprint density at radius 2 is 1.87 bits per heavy atom. The van der Waals surface area contributed by atoms with Gasteiger partial charge in [0.15, 0.2) is 0 Å². The van der Waals surface area contributed by atoms with Gasteiger partial charge < -0.3 is 10.2 Å². The first-order chi connectivity index (χ1) is 14.8. The van der Waals surface area contributed by atoms with Crippen LogP contribution in [0.3, 0.4) is 0 Å². The van der Waals surface area contributed by atoms with Gasteiger partial charge in [-0.2, -0.15) is 0 Å². The van der Waals surface area contributed by atoms with Crippen molar-refractivity contribution in [3.8, 4) is 0 Å². The molecule has 0 aromatic heterocycles. The minimum atomic E-state index is -3.21. The molecule has 0 aliphatic carbocycles. The number of carbonyl (C=O) groups excluding carboxylic acids is 2. The van der Waals surface area contributed by atoms with Crippen molar-refractivity contribution in [2.45, 2.75) is 11.3 Å². The molecule has 3 rings (SSSR count). The first-order valence-electron chi connectivity index (χ1n) is 9.77. The van der Waals surface area contributed by atoms with Crippen molar-refractivity contribution in [1.29, 1.82) is 0 Å². The number of thioether (sulfide) groups is 1. The number of anilines is 2. The molecule has 1 aliphatic rings. The molecule has 31 heavy (non-hydrogen) atoms. The molecule has 9 heteroatoms. The summed E-state index contributed by atoms with van der Waals surface area (Å²) in [6.07, 6.45) is 5.59. The van der Waals surface area contributed by atoms with E-state index in [1.54, 1.807) is 37.4 Å². The Morgan fingerprint density at radius 3 is 2.52 bits per heavy atom. The Labute approximate surface area is 187 Å². The highest BCUT2D eigenvalue weighted by Crippen LogP contribution is 2.25. The van der Waals surface area contributed by atoms with Gasteiger partial charge in [-0.25, -0.2) is 8.42 Å². The summed E-state index contributed by atoms with van der Waals surface area (Å²) >= 11 is 1.53. The summed E-state index contributed by atoms with van der Waals surface area (Å²) in [5.74, 6) is -0.409. The molecule has 164 valence electrons. The summed E-state index contributed by atoms with van der Waals surface area (Å²) in [5, 5.41) is 2.83. The van der Waals surface area contributed by atoms with E-state index in [4.69, 9.17) is 0 Å². The standard InChI is InChI=1S/C22H25N3O4S2/c1-24(16-21(26)23-19-6-3-4-7-20(19)30-2)22(27)13-10-17-8-11-18(12-9-17)25-14-5-15-31(25,28)29/h3-4,6-13H,5,14-16H2,1-2H3,(H,23,26)/b13-10+. The molecule has 2 aromatic rings. The summed E-state index contributed by atoms with van der Waals surface area (Å²) in [5.41, 5.74) is 2.11. The van der Waals surface area contributed by atoms with Crippen LogP contribution in [0.25, 0.3) is 6.08 Å². The van der Waals surface area contributed by atoms with Crippen LogP contribution in [0.2, 0.25) is 0 Å². The maximum Gasteiger partial charge on any atom is 0.246 e. The fourth-order valence-electron chi connectivity index (χ4n) is 3.21. The molecule has 0 saturated carbocycles. The minimum absolute atomic E-state index is 0.0718. The van der Waals surface area contributed by atoms with Crippen molar-refractivity contribution in [2.24, 2.45) is 0 Å². The van der Waals surface area contributed by atoms with Crippen LogP contribution in [0.1, 0.15) is 12.0 Å². The topological polar surface area (TPSA) is 86.8 Å². The Balaban J connectivity index is 1.56. The lowest BCUT2D eigenvalue weighted by atomic mass is 10.2. The molecule has 1 fully saturated rings. The molecular formula is C22H25N3O4S2. The van der Waals surface area contributed by atoms with Gasteiger partial charge in [0.05, 0.1) is 23.7 Å². The Kier molecular flexibility index (Phi) is 7.40. The van der Waals surface area contributed by atoms with E-state index in [0.29, 0.717) is 18.7 Å². The number of hydrogen-bond acceptors (Lipinski definition) is 5. The maximum absolute atomic E-state index is 12.4. The first-order valence-corrected chi connectivity index (χ1v) is 12.6. The molecule has 0 bridgehead atoms. The number of benzene rings is 2. The Morgan fingerprint density at radius 1 is 1.16 bits per heavy atom. The monoisotopic (exact) mass is 459 g/mol.